The first-order chi connectivity index (χ1) is 9.54. The number of nitrogens with one attached hydrogen (secondary N) is 1. The fraction of sp³-hybridized carbons (Fsp3) is 0.462. The Balaban J connectivity index is 1.91. The van der Waals surface area contributed by atoms with Crippen LogP contribution >= 0.6 is 15.9 Å². The minimum Gasteiger partial charge on any atom is -0.480 e. The summed E-state index contributed by atoms with van der Waals surface area (Å²) in [5.74, 6) is -0.641. The van der Waals surface area contributed by atoms with E-state index >= 15 is 0 Å². The quantitative estimate of drug-likeness (QED) is 0.868. The third-order valence-electron chi connectivity index (χ3n) is 3.21. The van der Waals surface area contributed by atoms with Crippen molar-refractivity contribution in [1.29, 1.82) is 0 Å². The number of pyridine rings is 1. The lowest BCUT2D eigenvalue weighted by atomic mass is 9.97. The summed E-state index contributed by atoms with van der Waals surface area (Å²) >= 11 is 3.28. The minimum absolute atomic E-state index is 0.0136. The number of carbonyl (C=O) groups is 2. The average Bonchev–Trinajstić information content (AvgIpc) is 2.41. The number of amides is 1. The van der Waals surface area contributed by atoms with Crippen molar-refractivity contribution in [1.82, 2.24) is 9.88 Å². The number of hydrogen-bond acceptors (Lipinski definition) is 4. The summed E-state index contributed by atoms with van der Waals surface area (Å²) in [5.41, 5.74) is 0. The van der Waals surface area contributed by atoms with Crippen LogP contribution in [0.5, 0.6) is 0 Å². The third-order valence-corrected chi connectivity index (χ3v) is 3.68. The van der Waals surface area contributed by atoms with Gasteiger partial charge in [0, 0.05) is 17.2 Å². The number of carboxylic acid groups (broad SMARTS) is 1. The molecule has 0 bridgehead atoms. The molecule has 1 unspecified atom stereocenters. The standard InChI is InChI=1S/C13H16BrN3O3/c14-10-3-4-11(15-6-10)16-13(20)9-2-1-5-17(7-9)8-12(18)19/h3-4,6,9H,1-2,5,7-8H2,(H,18,19)(H,15,16,20). The van der Waals surface area contributed by atoms with Crippen LogP contribution in [0.3, 0.4) is 0 Å². The van der Waals surface area contributed by atoms with Crippen LogP contribution in [0.4, 0.5) is 5.82 Å². The first-order valence-corrected chi connectivity index (χ1v) is 7.20. The topological polar surface area (TPSA) is 82.5 Å². The predicted octanol–water partition coefficient (Wildman–Crippen LogP) is 1.58. The van der Waals surface area contributed by atoms with Gasteiger partial charge in [0.1, 0.15) is 5.82 Å². The maximum atomic E-state index is 12.1. The normalized spacial score (nSPS) is 19.6. The summed E-state index contributed by atoms with van der Waals surface area (Å²) in [6.45, 7) is 1.20. The van der Waals surface area contributed by atoms with Gasteiger partial charge in [-0.1, -0.05) is 0 Å². The van der Waals surface area contributed by atoms with Crippen molar-refractivity contribution < 1.29 is 14.7 Å². The van der Waals surface area contributed by atoms with E-state index in [1.807, 2.05) is 0 Å². The first kappa shape index (κ1) is 14.9. The van der Waals surface area contributed by atoms with Crippen molar-refractivity contribution in [3.05, 3.63) is 22.8 Å². The molecule has 6 nitrogen and oxygen atoms in total. The molecule has 1 fully saturated rings. The van der Waals surface area contributed by atoms with Gasteiger partial charge in [-0.25, -0.2) is 4.98 Å². The molecule has 108 valence electrons. The van der Waals surface area contributed by atoms with Gasteiger partial charge in [0.2, 0.25) is 5.91 Å². The second-order valence-corrected chi connectivity index (χ2v) is 5.73. The fourth-order valence-corrected chi connectivity index (χ4v) is 2.52. The second-order valence-electron chi connectivity index (χ2n) is 4.82. The summed E-state index contributed by atoms with van der Waals surface area (Å²) in [7, 11) is 0. The van der Waals surface area contributed by atoms with E-state index < -0.39 is 5.97 Å². The molecule has 7 heteroatoms. The van der Waals surface area contributed by atoms with Gasteiger partial charge in [0.05, 0.1) is 12.5 Å². The highest BCUT2D eigenvalue weighted by molar-refractivity contribution is 9.10. The molecule has 1 saturated heterocycles. The Morgan fingerprint density at radius 1 is 1.50 bits per heavy atom. The zero-order valence-corrected chi connectivity index (χ0v) is 12.5. The van der Waals surface area contributed by atoms with Crippen LogP contribution < -0.4 is 5.32 Å². The Kier molecular flexibility index (Phi) is 5.08. The van der Waals surface area contributed by atoms with Crippen molar-refractivity contribution >= 4 is 33.6 Å². The van der Waals surface area contributed by atoms with Gasteiger partial charge in [0.15, 0.2) is 0 Å². The van der Waals surface area contributed by atoms with Crippen LogP contribution in [0.15, 0.2) is 22.8 Å². The van der Waals surface area contributed by atoms with Crippen LogP contribution in [0, 0.1) is 5.92 Å². The summed E-state index contributed by atoms with van der Waals surface area (Å²) in [6, 6.07) is 3.53. The third kappa shape index (κ3) is 4.28. The van der Waals surface area contributed by atoms with E-state index in [0.29, 0.717) is 12.4 Å². The number of aromatic nitrogens is 1. The largest absolute Gasteiger partial charge is 0.480 e. The summed E-state index contributed by atoms with van der Waals surface area (Å²) < 4.78 is 0.848. The lowest BCUT2D eigenvalue weighted by molar-refractivity contribution is -0.139. The molecular weight excluding hydrogens is 326 g/mol. The number of halogens is 1. The number of piperidine rings is 1. The van der Waals surface area contributed by atoms with Gasteiger partial charge in [-0.05, 0) is 47.4 Å². The van der Waals surface area contributed by atoms with Crippen LogP contribution in [0.2, 0.25) is 0 Å². The van der Waals surface area contributed by atoms with E-state index in [9.17, 15) is 9.59 Å². The summed E-state index contributed by atoms with van der Waals surface area (Å²) in [4.78, 5) is 28.7. The van der Waals surface area contributed by atoms with E-state index in [1.54, 1.807) is 23.2 Å². The molecule has 1 aromatic heterocycles. The Bertz CT molecular complexity index is 492. The number of aliphatic carboxylic acids is 1. The minimum atomic E-state index is -0.861. The van der Waals surface area contributed by atoms with Crippen LogP contribution in [-0.2, 0) is 9.59 Å². The lowest BCUT2D eigenvalue weighted by Crippen LogP contribution is -2.42. The molecule has 0 aromatic carbocycles. The van der Waals surface area contributed by atoms with Crippen LogP contribution in [-0.4, -0.2) is 46.5 Å². The predicted molar refractivity (Wildman–Crippen MR) is 77.4 cm³/mol. The molecule has 0 radical (unpaired) electrons. The number of hydrogen-bond donors (Lipinski definition) is 2. The van der Waals surface area contributed by atoms with Gasteiger partial charge in [-0.3, -0.25) is 14.5 Å². The molecule has 1 amide bonds. The van der Waals surface area contributed by atoms with Crippen LogP contribution in [0.25, 0.3) is 0 Å². The smallest absolute Gasteiger partial charge is 0.317 e. The lowest BCUT2D eigenvalue weighted by Gasteiger charge is -2.30. The van der Waals surface area contributed by atoms with E-state index in [-0.39, 0.29) is 18.4 Å². The molecule has 2 rings (SSSR count). The van der Waals surface area contributed by atoms with E-state index in [4.69, 9.17) is 5.11 Å². The molecule has 0 spiro atoms. The summed E-state index contributed by atoms with van der Waals surface area (Å²) in [6.07, 6.45) is 3.23. The van der Waals surface area contributed by atoms with Crippen LogP contribution in [0.1, 0.15) is 12.8 Å². The average molecular weight is 342 g/mol. The number of carboxylic acids is 1. The molecule has 0 saturated carbocycles. The number of carbonyl (C=O) groups excluding carboxylic acids is 1. The highest BCUT2D eigenvalue weighted by Crippen LogP contribution is 2.18. The molecular formula is C13H16BrN3O3. The van der Waals surface area contributed by atoms with Crippen molar-refractivity contribution in [2.45, 2.75) is 12.8 Å². The number of rotatable bonds is 4. The zero-order valence-electron chi connectivity index (χ0n) is 10.9. The van der Waals surface area contributed by atoms with Gasteiger partial charge < -0.3 is 10.4 Å². The molecule has 1 aromatic rings. The zero-order chi connectivity index (χ0) is 14.5. The van der Waals surface area contributed by atoms with Crippen molar-refractivity contribution in [3.63, 3.8) is 0 Å². The molecule has 1 aliphatic rings. The van der Waals surface area contributed by atoms with Crippen molar-refractivity contribution in [3.8, 4) is 0 Å². The maximum absolute atomic E-state index is 12.1. The SMILES string of the molecule is O=C(O)CN1CCCC(C(=O)Nc2ccc(Br)cn2)C1. The molecule has 2 N–H and O–H groups in total. The van der Waals surface area contributed by atoms with E-state index in [0.717, 1.165) is 23.9 Å². The maximum Gasteiger partial charge on any atom is 0.317 e. The Morgan fingerprint density at radius 2 is 2.30 bits per heavy atom. The molecule has 1 aliphatic heterocycles. The first-order valence-electron chi connectivity index (χ1n) is 6.41. The highest BCUT2D eigenvalue weighted by atomic mass is 79.9. The van der Waals surface area contributed by atoms with E-state index in [2.05, 4.69) is 26.2 Å². The van der Waals surface area contributed by atoms with Gasteiger partial charge in [-0.2, -0.15) is 0 Å². The Labute approximate surface area is 125 Å². The summed E-state index contributed by atoms with van der Waals surface area (Å²) in [5, 5.41) is 11.6. The highest BCUT2D eigenvalue weighted by Gasteiger charge is 2.26. The van der Waals surface area contributed by atoms with Crippen molar-refractivity contribution in [2.24, 2.45) is 5.92 Å². The monoisotopic (exact) mass is 341 g/mol. The Hall–Kier alpha value is -1.47. The van der Waals surface area contributed by atoms with E-state index in [1.165, 1.54) is 0 Å². The second kappa shape index (κ2) is 6.81. The van der Waals surface area contributed by atoms with Gasteiger partial charge in [-0.15, -0.1) is 0 Å². The van der Waals surface area contributed by atoms with Gasteiger partial charge in [0.25, 0.3) is 0 Å². The van der Waals surface area contributed by atoms with Gasteiger partial charge >= 0.3 is 5.97 Å². The number of likely N-dealkylation sites (tertiary alicyclic amines) is 1. The molecule has 20 heavy (non-hydrogen) atoms. The molecule has 1 atom stereocenters. The fourth-order valence-electron chi connectivity index (χ4n) is 2.28. The molecule has 2 heterocycles. The van der Waals surface area contributed by atoms with Crippen molar-refractivity contribution in [2.75, 3.05) is 25.0 Å². The number of anilines is 1. The molecule has 0 aliphatic carbocycles. The Morgan fingerprint density at radius 3 is 2.95 bits per heavy atom. The number of nitrogens with zero attached hydrogens (tertiary/aromatic N) is 2.